The molecular weight excluding hydrogens is 522 g/mol. The Morgan fingerprint density at radius 3 is 2.33 bits per heavy atom. The molecule has 0 aromatic heterocycles. The van der Waals surface area contributed by atoms with Crippen molar-refractivity contribution >= 4 is 58.7 Å². The van der Waals surface area contributed by atoms with Crippen LogP contribution >= 0.6 is 11.8 Å². The molecule has 3 unspecified atom stereocenters. The zero-order valence-electron chi connectivity index (χ0n) is 21.3. The first-order valence-corrected chi connectivity index (χ1v) is 13.6. The summed E-state index contributed by atoms with van der Waals surface area (Å²) in [7, 11) is 0. The van der Waals surface area contributed by atoms with Gasteiger partial charge in [-0.3, -0.25) is 19.2 Å². The number of carboxylic acids is 3. The summed E-state index contributed by atoms with van der Waals surface area (Å²) in [5, 5.41) is 27.3. The number of fused-ring (bicyclic) bond motifs is 3. The van der Waals surface area contributed by atoms with Gasteiger partial charge >= 0.3 is 17.9 Å². The maximum Gasteiger partial charge on any atom is 0.323 e. The Bertz CT molecular complexity index is 1340. The van der Waals surface area contributed by atoms with Crippen molar-refractivity contribution in [2.75, 3.05) is 29.4 Å². The summed E-state index contributed by atoms with van der Waals surface area (Å²) < 4.78 is 0. The summed E-state index contributed by atoms with van der Waals surface area (Å²) in [6.45, 7) is 0.684. The van der Waals surface area contributed by atoms with Gasteiger partial charge in [-0.15, -0.1) is 0 Å². The molecule has 2 heterocycles. The predicted molar refractivity (Wildman–Crippen MR) is 147 cm³/mol. The first-order valence-electron chi connectivity index (χ1n) is 12.7. The number of nitrogens with zero attached hydrogens (tertiary/aromatic N) is 3. The number of benzene rings is 2. The van der Waals surface area contributed by atoms with Gasteiger partial charge in [0.1, 0.15) is 19.6 Å². The van der Waals surface area contributed by atoms with E-state index in [4.69, 9.17) is 5.11 Å². The minimum absolute atomic E-state index is 0.242. The molecular formula is C28H29N3O7S. The average Bonchev–Trinajstić information content (AvgIpc) is 3.53. The van der Waals surface area contributed by atoms with Crippen LogP contribution in [0.1, 0.15) is 43.2 Å². The van der Waals surface area contributed by atoms with Gasteiger partial charge in [-0.25, -0.2) is 0 Å². The molecule has 39 heavy (non-hydrogen) atoms. The van der Waals surface area contributed by atoms with Crippen molar-refractivity contribution in [3.63, 3.8) is 0 Å². The van der Waals surface area contributed by atoms with E-state index in [0.717, 1.165) is 36.2 Å². The monoisotopic (exact) mass is 551 g/mol. The molecule has 11 heteroatoms. The Balaban J connectivity index is 1.42. The van der Waals surface area contributed by atoms with E-state index in [0.29, 0.717) is 16.5 Å². The topological polar surface area (TPSA) is 139 Å². The molecule has 0 bridgehead atoms. The molecule has 1 saturated heterocycles. The highest BCUT2D eigenvalue weighted by Gasteiger charge is 2.42. The van der Waals surface area contributed by atoms with Crippen LogP contribution in [0.3, 0.4) is 0 Å². The van der Waals surface area contributed by atoms with E-state index in [1.807, 2.05) is 31.2 Å². The normalized spacial score (nSPS) is 22.7. The zero-order valence-corrected chi connectivity index (χ0v) is 22.1. The molecule has 2 aromatic carbocycles. The number of anilines is 3. The lowest BCUT2D eigenvalue weighted by molar-refractivity contribution is -0.142. The van der Waals surface area contributed by atoms with Crippen molar-refractivity contribution in [2.45, 2.75) is 43.5 Å². The van der Waals surface area contributed by atoms with Gasteiger partial charge in [-0.1, -0.05) is 24.2 Å². The second kappa shape index (κ2) is 10.6. The van der Waals surface area contributed by atoms with Crippen LogP contribution < -0.4 is 9.80 Å². The third kappa shape index (κ3) is 5.31. The molecule has 0 radical (unpaired) electrons. The maximum atomic E-state index is 12.8. The van der Waals surface area contributed by atoms with Gasteiger partial charge in [0.15, 0.2) is 0 Å². The zero-order chi connectivity index (χ0) is 27.8. The Labute approximate surface area is 229 Å². The minimum atomic E-state index is -1.10. The van der Waals surface area contributed by atoms with Crippen LogP contribution in [0.2, 0.25) is 0 Å². The van der Waals surface area contributed by atoms with Crippen molar-refractivity contribution in [1.82, 2.24) is 4.90 Å². The molecule has 3 N–H and O–H groups in total. The third-order valence-corrected chi connectivity index (χ3v) is 8.62. The van der Waals surface area contributed by atoms with Crippen molar-refractivity contribution in [1.29, 1.82) is 0 Å². The molecule has 2 fully saturated rings. The number of aliphatic carboxylic acids is 3. The first kappa shape index (κ1) is 26.6. The average molecular weight is 552 g/mol. The van der Waals surface area contributed by atoms with Crippen molar-refractivity contribution in [3.8, 4) is 0 Å². The van der Waals surface area contributed by atoms with E-state index >= 15 is 0 Å². The van der Waals surface area contributed by atoms with Crippen LogP contribution in [0.25, 0.3) is 6.08 Å². The molecule has 3 atom stereocenters. The number of carbonyl (C=O) groups is 4. The quantitative estimate of drug-likeness (QED) is 0.395. The van der Waals surface area contributed by atoms with Gasteiger partial charge in [0.25, 0.3) is 5.91 Å². The molecule has 2 aliphatic heterocycles. The van der Waals surface area contributed by atoms with Crippen molar-refractivity contribution in [3.05, 3.63) is 58.5 Å². The molecule has 5 rings (SSSR count). The van der Waals surface area contributed by atoms with Crippen LogP contribution in [-0.4, -0.2) is 75.1 Å². The highest BCUT2D eigenvalue weighted by atomic mass is 32.2. The van der Waals surface area contributed by atoms with Gasteiger partial charge in [0, 0.05) is 29.0 Å². The van der Waals surface area contributed by atoms with Gasteiger partial charge in [0.2, 0.25) is 0 Å². The summed E-state index contributed by atoms with van der Waals surface area (Å²) >= 11 is 1.37. The second-order valence-electron chi connectivity index (χ2n) is 10.0. The molecule has 0 spiro atoms. The van der Waals surface area contributed by atoms with Crippen LogP contribution in [0, 0.1) is 0 Å². The van der Waals surface area contributed by atoms with E-state index in [2.05, 4.69) is 17.0 Å². The fraction of sp³-hybridized carbons (Fsp3) is 0.357. The number of thioether (sulfide) groups is 1. The standard InChI is InChI=1S/C28H29N3O7S/c1-16-30(15-27(36)37)28(38)24(39-16)12-17-5-10-23-21(11-17)20-3-2-4-22(20)31(23)19-8-6-18(7-9-19)29(13-25(32)33)14-26(34)35/h5-12,16,20,22H,2-4,13-15H2,1H3,(H,32,33)(H,34,35)(H,36,37)/b24-12+. The first-order chi connectivity index (χ1) is 18.6. The summed E-state index contributed by atoms with van der Waals surface area (Å²) in [6.07, 6.45) is 5.01. The number of carbonyl (C=O) groups excluding carboxylic acids is 1. The lowest BCUT2D eigenvalue weighted by Crippen LogP contribution is -2.35. The van der Waals surface area contributed by atoms with Crippen LogP contribution in [0.4, 0.5) is 17.1 Å². The summed E-state index contributed by atoms with van der Waals surface area (Å²) in [5.41, 5.74) is 4.66. The molecule has 10 nitrogen and oxygen atoms in total. The van der Waals surface area contributed by atoms with E-state index in [9.17, 15) is 29.4 Å². The van der Waals surface area contributed by atoms with Gasteiger partial charge < -0.3 is 30.0 Å². The van der Waals surface area contributed by atoms with Gasteiger partial charge in [-0.2, -0.15) is 0 Å². The van der Waals surface area contributed by atoms with Crippen LogP contribution in [-0.2, 0) is 19.2 Å². The Kier molecular flexibility index (Phi) is 7.26. The molecule has 3 aliphatic rings. The molecule has 2 aromatic rings. The molecule has 1 amide bonds. The Morgan fingerprint density at radius 2 is 1.69 bits per heavy atom. The predicted octanol–water partition coefficient (Wildman–Crippen LogP) is 3.80. The van der Waals surface area contributed by atoms with E-state index in [1.54, 1.807) is 12.1 Å². The van der Waals surface area contributed by atoms with E-state index < -0.39 is 31.0 Å². The third-order valence-electron chi connectivity index (χ3n) is 7.48. The Morgan fingerprint density at radius 1 is 1.00 bits per heavy atom. The maximum absolute atomic E-state index is 12.8. The summed E-state index contributed by atoms with van der Waals surface area (Å²) in [6, 6.07) is 13.7. The van der Waals surface area contributed by atoms with Crippen molar-refractivity contribution < 1.29 is 34.5 Å². The van der Waals surface area contributed by atoms with Crippen LogP contribution in [0.15, 0.2) is 47.4 Å². The second-order valence-corrected chi connectivity index (χ2v) is 11.4. The fourth-order valence-electron chi connectivity index (χ4n) is 5.89. The van der Waals surface area contributed by atoms with Gasteiger partial charge in [-0.05, 0) is 73.4 Å². The number of hydrogen-bond donors (Lipinski definition) is 3. The van der Waals surface area contributed by atoms with E-state index in [-0.39, 0.29) is 23.9 Å². The molecule has 204 valence electrons. The molecule has 1 saturated carbocycles. The summed E-state index contributed by atoms with van der Waals surface area (Å²) in [4.78, 5) is 51.9. The lowest BCUT2D eigenvalue weighted by Gasteiger charge is -2.28. The largest absolute Gasteiger partial charge is 0.480 e. The summed E-state index contributed by atoms with van der Waals surface area (Å²) in [5.74, 6) is -3.17. The SMILES string of the molecule is CC1S/C(=C/c2ccc3c(c2)C2CCCC2N3c2ccc(N(CC(=O)O)CC(=O)O)cc2)C(=O)N1CC(=O)O. The number of amides is 1. The van der Waals surface area contributed by atoms with E-state index in [1.165, 1.54) is 27.1 Å². The highest BCUT2D eigenvalue weighted by molar-refractivity contribution is 8.05. The number of hydrogen-bond acceptors (Lipinski definition) is 7. The lowest BCUT2D eigenvalue weighted by atomic mass is 9.96. The van der Waals surface area contributed by atoms with Crippen LogP contribution in [0.5, 0.6) is 0 Å². The smallest absolute Gasteiger partial charge is 0.323 e. The number of carboxylic acid groups (broad SMARTS) is 3. The molecule has 1 aliphatic carbocycles. The number of rotatable bonds is 9. The fourth-order valence-corrected chi connectivity index (χ4v) is 6.97. The Hall–Kier alpha value is -3.99. The van der Waals surface area contributed by atoms with Crippen molar-refractivity contribution in [2.24, 2.45) is 0 Å². The highest BCUT2D eigenvalue weighted by Crippen LogP contribution is 2.52. The van der Waals surface area contributed by atoms with Gasteiger partial charge in [0.05, 0.1) is 10.3 Å². The minimum Gasteiger partial charge on any atom is -0.480 e.